The molecule has 0 unspecified atom stereocenters. The van der Waals surface area contributed by atoms with Gasteiger partial charge in [0.25, 0.3) is 5.91 Å². The van der Waals surface area contributed by atoms with Crippen molar-refractivity contribution in [3.63, 3.8) is 0 Å². The zero-order chi connectivity index (χ0) is 20.3. The monoisotopic (exact) mass is 418 g/mol. The molecule has 1 N–H and O–H groups in total. The Labute approximate surface area is 168 Å². The molecule has 0 saturated carbocycles. The average Bonchev–Trinajstić information content (AvgIpc) is 3.03. The number of aryl methyl sites for hydroxylation is 1. The van der Waals surface area contributed by atoms with Gasteiger partial charge in [-0.25, -0.2) is 13.8 Å². The molecule has 9 heteroatoms. The van der Waals surface area contributed by atoms with Gasteiger partial charge in [0, 0.05) is 25.7 Å². The molecule has 1 amide bonds. The van der Waals surface area contributed by atoms with E-state index < -0.39 is 15.9 Å². The van der Waals surface area contributed by atoms with Gasteiger partial charge in [-0.3, -0.25) is 4.79 Å². The third-order valence-electron chi connectivity index (χ3n) is 4.41. The van der Waals surface area contributed by atoms with Crippen LogP contribution in [0.5, 0.6) is 0 Å². The van der Waals surface area contributed by atoms with Gasteiger partial charge in [-0.1, -0.05) is 43.4 Å². The Hall–Kier alpha value is -2.49. The Bertz CT molecular complexity index is 1180. The molecule has 0 aliphatic carbocycles. The first-order valence-corrected chi connectivity index (χ1v) is 11.1. The highest BCUT2D eigenvalue weighted by molar-refractivity contribution is 7.89. The molecule has 0 atom stereocenters. The molecule has 0 spiro atoms. The van der Waals surface area contributed by atoms with Crippen LogP contribution in [0.1, 0.15) is 24.2 Å². The lowest BCUT2D eigenvalue weighted by atomic mass is 10.2. The number of rotatable bonds is 6. The predicted octanol–water partition coefficient (Wildman–Crippen LogP) is 2.52. The number of nitrogens with one attached hydrogen (secondary N) is 1. The van der Waals surface area contributed by atoms with E-state index in [4.69, 9.17) is 0 Å². The highest BCUT2D eigenvalue weighted by Gasteiger charge is 2.22. The van der Waals surface area contributed by atoms with E-state index in [1.165, 1.54) is 27.8 Å². The van der Waals surface area contributed by atoms with E-state index in [1.807, 2.05) is 35.9 Å². The summed E-state index contributed by atoms with van der Waals surface area (Å²) < 4.78 is 29.6. The molecule has 28 heavy (non-hydrogen) atoms. The van der Waals surface area contributed by atoms with Crippen molar-refractivity contribution in [1.29, 1.82) is 0 Å². The summed E-state index contributed by atoms with van der Waals surface area (Å²) in [6.45, 7) is 4.29. The maximum absolute atomic E-state index is 12.7. The predicted molar refractivity (Wildman–Crippen MR) is 110 cm³/mol. The van der Waals surface area contributed by atoms with E-state index in [2.05, 4.69) is 10.5 Å². The van der Waals surface area contributed by atoms with Crippen LogP contribution in [0.3, 0.4) is 0 Å². The van der Waals surface area contributed by atoms with Gasteiger partial charge in [-0.2, -0.15) is 4.31 Å². The van der Waals surface area contributed by atoms with Crippen molar-refractivity contribution >= 4 is 37.5 Å². The first kappa shape index (κ1) is 20.2. The van der Waals surface area contributed by atoms with Crippen molar-refractivity contribution in [3.8, 4) is 0 Å². The summed E-state index contributed by atoms with van der Waals surface area (Å²) in [5.74, 6) is -0.464. The molecule has 148 valence electrons. The molecule has 0 saturated heterocycles. The van der Waals surface area contributed by atoms with Crippen LogP contribution in [0.15, 0.2) is 58.5 Å². The van der Waals surface area contributed by atoms with Crippen molar-refractivity contribution in [3.05, 3.63) is 58.9 Å². The molecular formula is C19H22N4O3S2. The van der Waals surface area contributed by atoms with Crippen LogP contribution in [-0.2, 0) is 17.1 Å². The molecule has 1 aromatic heterocycles. The second-order valence-electron chi connectivity index (χ2n) is 6.08. The van der Waals surface area contributed by atoms with Gasteiger partial charge in [0.05, 0.1) is 15.1 Å². The van der Waals surface area contributed by atoms with Crippen LogP contribution in [-0.4, -0.2) is 36.3 Å². The minimum absolute atomic E-state index is 0.0938. The normalized spacial score (nSPS) is 12.6. The number of amides is 1. The van der Waals surface area contributed by atoms with Gasteiger partial charge in [0.1, 0.15) is 0 Å². The third kappa shape index (κ3) is 3.87. The number of thiazole rings is 1. The molecule has 0 fully saturated rings. The molecule has 1 heterocycles. The fourth-order valence-corrected chi connectivity index (χ4v) is 5.35. The van der Waals surface area contributed by atoms with Crippen LogP contribution in [0.4, 0.5) is 0 Å². The molecule has 0 aliphatic rings. The molecule has 0 aliphatic heterocycles. The number of sulfonamides is 1. The summed E-state index contributed by atoms with van der Waals surface area (Å²) in [6.07, 6.45) is 0. The van der Waals surface area contributed by atoms with Gasteiger partial charge in [-0.15, -0.1) is 5.10 Å². The maximum Gasteiger partial charge on any atom is 0.271 e. The molecule has 0 radical (unpaired) electrons. The van der Waals surface area contributed by atoms with Crippen LogP contribution < -0.4 is 10.2 Å². The van der Waals surface area contributed by atoms with Crippen LogP contribution in [0.2, 0.25) is 0 Å². The zero-order valence-corrected chi connectivity index (χ0v) is 17.5. The molecule has 7 nitrogen and oxygen atoms in total. The molecule has 3 rings (SSSR count). The SMILES string of the molecule is CCN(CC)S(=O)(=O)c1cccc(C(=O)N/N=c2\sc3ccccc3n2C)c1. The summed E-state index contributed by atoms with van der Waals surface area (Å²) >= 11 is 1.46. The van der Waals surface area contributed by atoms with Crippen LogP contribution in [0.25, 0.3) is 10.2 Å². The second kappa shape index (κ2) is 8.26. The summed E-state index contributed by atoms with van der Waals surface area (Å²) in [5, 5.41) is 4.20. The number of hydrogen-bond acceptors (Lipinski definition) is 5. The van der Waals surface area contributed by atoms with Crippen molar-refractivity contribution in [2.45, 2.75) is 18.7 Å². The second-order valence-corrected chi connectivity index (χ2v) is 9.03. The molecule has 2 aromatic carbocycles. The maximum atomic E-state index is 12.7. The van der Waals surface area contributed by atoms with Crippen molar-refractivity contribution in [2.24, 2.45) is 12.1 Å². The minimum Gasteiger partial charge on any atom is -0.318 e. The van der Waals surface area contributed by atoms with Gasteiger partial charge >= 0.3 is 0 Å². The smallest absolute Gasteiger partial charge is 0.271 e. The number of aromatic nitrogens is 1. The van der Waals surface area contributed by atoms with Crippen molar-refractivity contribution < 1.29 is 13.2 Å². The Morgan fingerprint density at radius 2 is 1.86 bits per heavy atom. The van der Waals surface area contributed by atoms with Crippen LogP contribution in [0, 0.1) is 0 Å². The number of nitrogens with zero attached hydrogens (tertiary/aromatic N) is 3. The number of para-hydroxylation sites is 1. The molecule has 3 aromatic rings. The number of benzene rings is 2. The van der Waals surface area contributed by atoms with E-state index in [-0.39, 0.29) is 10.5 Å². The number of carbonyl (C=O) groups is 1. The van der Waals surface area contributed by atoms with E-state index in [1.54, 1.807) is 26.0 Å². The number of carbonyl (C=O) groups excluding carboxylic acids is 1. The topological polar surface area (TPSA) is 83.8 Å². The van der Waals surface area contributed by atoms with Gasteiger partial charge < -0.3 is 4.57 Å². The highest BCUT2D eigenvalue weighted by Crippen LogP contribution is 2.17. The van der Waals surface area contributed by atoms with Crippen LogP contribution >= 0.6 is 11.3 Å². The van der Waals surface area contributed by atoms with Gasteiger partial charge in [0.15, 0.2) is 0 Å². The fourth-order valence-electron chi connectivity index (χ4n) is 2.86. The van der Waals surface area contributed by atoms with E-state index in [9.17, 15) is 13.2 Å². The lowest BCUT2D eigenvalue weighted by molar-refractivity contribution is 0.0952. The lowest BCUT2D eigenvalue weighted by Gasteiger charge is -2.18. The Morgan fingerprint density at radius 1 is 1.14 bits per heavy atom. The third-order valence-corrected chi connectivity index (χ3v) is 7.57. The fraction of sp³-hybridized carbons (Fsp3) is 0.263. The summed E-state index contributed by atoms with van der Waals surface area (Å²) in [5.41, 5.74) is 3.78. The van der Waals surface area contributed by atoms with Gasteiger partial charge in [0.2, 0.25) is 14.8 Å². The Balaban J connectivity index is 1.88. The minimum atomic E-state index is -3.63. The van der Waals surface area contributed by atoms with Crippen molar-refractivity contribution in [1.82, 2.24) is 14.3 Å². The molecule has 0 bridgehead atoms. The van der Waals surface area contributed by atoms with Gasteiger partial charge in [-0.05, 0) is 30.3 Å². The number of hydrogen-bond donors (Lipinski definition) is 1. The molecular weight excluding hydrogens is 396 g/mol. The first-order chi connectivity index (χ1) is 13.4. The van der Waals surface area contributed by atoms with Crippen molar-refractivity contribution in [2.75, 3.05) is 13.1 Å². The Morgan fingerprint density at radius 3 is 2.54 bits per heavy atom. The Kier molecular flexibility index (Phi) is 5.97. The van der Waals surface area contributed by atoms with E-state index >= 15 is 0 Å². The quantitative estimate of drug-likeness (QED) is 0.625. The largest absolute Gasteiger partial charge is 0.318 e. The highest BCUT2D eigenvalue weighted by atomic mass is 32.2. The summed E-state index contributed by atoms with van der Waals surface area (Å²) in [6, 6.07) is 13.9. The standard InChI is InChI=1S/C19H22N4O3S2/c1-4-23(5-2)28(25,26)15-10-8-9-14(13-15)18(24)20-21-19-22(3)16-11-6-7-12-17(16)27-19/h6-13H,4-5H2,1-3H3,(H,20,24)/b21-19-. The first-order valence-electron chi connectivity index (χ1n) is 8.87. The summed E-state index contributed by atoms with van der Waals surface area (Å²) in [7, 11) is -1.75. The number of fused-ring (bicyclic) bond motifs is 1. The zero-order valence-electron chi connectivity index (χ0n) is 15.9. The average molecular weight is 419 g/mol. The summed E-state index contributed by atoms with van der Waals surface area (Å²) in [4.78, 5) is 13.2. The lowest BCUT2D eigenvalue weighted by Crippen LogP contribution is -2.31. The van der Waals surface area contributed by atoms with E-state index in [0.717, 1.165) is 10.2 Å². The van der Waals surface area contributed by atoms with E-state index in [0.29, 0.717) is 17.9 Å².